The third-order valence-electron chi connectivity index (χ3n) is 6.00. The minimum Gasteiger partial charge on any atom is -0.493 e. The average Bonchev–Trinajstić information content (AvgIpc) is 3.03. The Morgan fingerprint density at radius 1 is 1.03 bits per heavy atom. The van der Waals surface area contributed by atoms with Gasteiger partial charge in [0.2, 0.25) is 0 Å². The Kier molecular flexibility index (Phi) is 4.71. The van der Waals surface area contributed by atoms with Crippen LogP contribution in [0, 0.1) is 0 Å². The van der Waals surface area contributed by atoms with Crippen LogP contribution in [0.15, 0.2) is 71.7 Å². The van der Waals surface area contributed by atoms with Crippen LogP contribution in [-0.4, -0.2) is 30.4 Å². The molecule has 1 unspecified atom stereocenters. The highest BCUT2D eigenvalue weighted by molar-refractivity contribution is 6.30. The van der Waals surface area contributed by atoms with Crippen LogP contribution in [0.25, 0.3) is 11.1 Å². The number of rotatable bonds is 3. The highest BCUT2D eigenvalue weighted by Crippen LogP contribution is 2.42. The number of ether oxygens (including phenoxy) is 1. The first-order valence-electron chi connectivity index (χ1n) is 10.3. The lowest BCUT2D eigenvalue weighted by molar-refractivity contribution is -0.129. The summed E-state index contributed by atoms with van der Waals surface area (Å²) in [6.45, 7) is 0.714. The molecule has 1 atom stereocenters. The number of guanidine groups is 1. The molecule has 1 amide bonds. The minimum atomic E-state index is -1.24. The molecular weight excluding hydrogens is 410 g/mol. The number of halogens is 1. The van der Waals surface area contributed by atoms with E-state index in [-0.39, 0.29) is 11.9 Å². The Labute approximate surface area is 186 Å². The maximum absolute atomic E-state index is 13.6. The van der Waals surface area contributed by atoms with Gasteiger partial charge >= 0.3 is 0 Å². The predicted octanol–water partition coefficient (Wildman–Crippen LogP) is 4.36. The van der Waals surface area contributed by atoms with Crippen molar-refractivity contribution in [3.8, 4) is 16.9 Å². The number of fused-ring (bicyclic) bond motifs is 1. The summed E-state index contributed by atoms with van der Waals surface area (Å²) in [5, 5.41) is 0.659. The molecule has 0 fully saturated rings. The molecule has 0 saturated carbocycles. The zero-order chi connectivity index (χ0) is 21.6. The van der Waals surface area contributed by atoms with Gasteiger partial charge in [-0.2, -0.15) is 0 Å². The Morgan fingerprint density at radius 3 is 2.52 bits per heavy atom. The van der Waals surface area contributed by atoms with Crippen molar-refractivity contribution < 1.29 is 9.53 Å². The van der Waals surface area contributed by atoms with Gasteiger partial charge in [0, 0.05) is 12.1 Å². The molecule has 0 radical (unpaired) electrons. The topological polar surface area (TPSA) is 67.9 Å². The van der Waals surface area contributed by atoms with E-state index in [1.807, 2.05) is 66.7 Å². The van der Waals surface area contributed by atoms with E-state index in [4.69, 9.17) is 27.1 Å². The number of aliphatic imine (C=N–C) groups is 1. The number of amides is 1. The van der Waals surface area contributed by atoms with Gasteiger partial charge in [0.05, 0.1) is 6.61 Å². The van der Waals surface area contributed by atoms with Crippen LogP contribution < -0.4 is 10.5 Å². The lowest BCUT2D eigenvalue weighted by atomic mass is 9.80. The smallest absolute Gasteiger partial charge is 0.266 e. The van der Waals surface area contributed by atoms with Crippen molar-refractivity contribution in [2.45, 2.75) is 18.4 Å². The van der Waals surface area contributed by atoms with Gasteiger partial charge in [0.1, 0.15) is 5.75 Å². The van der Waals surface area contributed by atoms with E-state index in [1.165, 1.54) is 4.90 Å². The second-order valence-corrected chi connectivity index (χ2v) is 8.35. The molecule has 2 aliphatic rings. The van der Waals surface area contributed by atoms with Crippen molar-refractivity contribution >= 4 is 23.5 Å². The summed E-state index contributed by atoms with van der Waals surface area (Å²) < 4.78 is 5.77. The second kappa shape index (κ2) is 7.43. The van der Waals surface area contributed by atoms with Crippen LogP contribution in [0.3, 0.4) is 0 Å². The van der Waals surface area contributed by atoms with Crippen LogP contribution in [0.5, 0.6) is 5.75 Å². The maximum atomic E-state index is 13.6. The summed E-state index contributed by atoms with van der Waals surface area (Å²) >= 11 is 6.20. The van der Waals surface area contributed by atoms with Crippen LogP contribution in [0.2, 0.25) is 5.02 Å². The van der Waals surface area contributed by atoms with Crippen molar-refractivity contribution in [2.24, 2.45) is 10.7 Å². The van der Waals surface area contributed by atoms with Crippen molar-refractivity contribution in [3.05, 3.63) is 88.4 Å². The molecule has 0 aliphatic carbocycles. The number of nitrogens with two attached hydrogens (primary N) is 1. The van der Waals surface area contributed by atoms with E-state index in [0.717, 1.165) is 46.4 Å². The summed E-state index contributed by atoms with van der Waals surface area (Å²) in [5.74, 6) is 0.894. The largest absolute Gasteiger partial charge is 0.493 e. The van der Waals surface area contributed by atoms with E-state index >= 15 is 0 Å². The van der Waals surface area contributed by atoms with Crippen LogP contribution in [0.1, 0.15) is 23.1 Å². The summed E-state index contributed by atoms with van der Waals surface area (Å²) in [5.41, 5.74) is 9.47. The fourth-order valence-electron chi connectivity index (χ4n) is 4.36. The van der Waals surface area contributed by atoms with Crippen molar-refractivity contribution in [1.82, 2.24) is 4.90 Å². The Morgan fingerprint density at radius 2 is 1.77 bits per heavy atom. The molecule has 0 spiro atoms. The third kappa shape index (κ3) is 3.17. The Balaban J connectivity index is 1.70. The molecule has 3 aromatic carbocycles. The number of carbonyl (C=O) groups is 1. The molecule has 2 heterocycles. The first-order valence-corrected chi connectivity index (χ1v) is 10.6. The van der Waals surface area contributed by atoms with Gasteiger partial charge in [0.25, 0.3) is 5.91 Å². The molecule has 2 aliphatic heterocycles. The van der Waals surface area contributed by atoms with E-state index in [1.54, 1.807) is 7.05 Å². The van der Waals surface area contributed by atoms with Crippen LogP contribution in [-0.2, 0) is 16.8 Å². The number of carbonyl (C=O) groups excluding carboxylic acids is 1. The third-order valence-corrected chi connectivity index (χ3v) is 6.24. The molecule has 0 aromatic heterocycles. The number of nitrogens with zero attached hydrogens (tertiary/aromatic N) is 2. The molecule has 6 heteroatoms. The second-order valence-electron chi connectivity index (χ2n) is 7.91. The molecule has 156 valence electrons. The quantitative estimate of drug-likeness (QED) is 0.669. The van der Waals surface area contributed by atoms with Crippen molar-refractivity contribution in [1.29, 1.82) is 0 Å². The molecule has 0 saturated heterocycles. The summed E-state index contributed by atoms with van der Waals surface area (Å²) in [6, 6.07) is 21.4. The molecule has 3 aromatic rings. The summed E-state index contributed by atoms with van der Waals surface area (Å²) in [7, 11) is 1.66. The first-order chi connectivity index (χ1) is 15.0. The fourth-order valence-corrected chi connectivity index (χ4v) is 4.55. The fraction of sp³-hybridized carbons (Fsp3) is 0.200. The zero-order valence-electron chi connectivity index (χ0n) is 17.1. The van der Waals surface area contributed by atoms with E-state index < -0.39 is 5.54 Å². The van der Waals surface area contributed by atoms with Gasteiger partial charge < -0.3 is 10.5 Å². The van der Waals surface area contributed by atoms with E-state index in [2.05, 4.69) is 0 Å². The standard InChI is InChI=1S/C25H22ClN3O2/c1-29-23(30)25(28-24(29)27,20-10-11-22-18(14-20)7-4-12-31-22)19-8-2-5-16(13-19)17-6-3-9-21(26)15-17/h2-3,5-6,8-11,13-15H,4,7,12H2,1H3,(H2,27,28). The van der Waals surface area contributed by atoms with Gasteiger partial charge in [-0.1, -0.05) is 48.0 Å². The van der Waals surface area contributed by atoms with Crippen molar-refractivity contribution in [3.63, 3.8) is 0 Å². The first kappa shape index (κ1) is 19.6. The van der Waals surface area contributed by atoms with Gasteiger partial charge in [-0.3, -0.25) is 9.69 Å². The maximum Gasteiger partial charge on any atom is 0.266 e. The van der Waals surface area contributed by atoms with E-state index in [9.17, 15) is 4.79 Å². The molecular formula is C25H22ClN3O2. The average molecular weight is 432 g/mol. The monoisotopic (exact) mass is 431 g/mol. The highest BCUT2D eigenvalue weighted by atomic mass is 35.5. The van der Waals surface area contributed by atoms with Crippen LogP contribution >= 0.6 is 11.6 Å². The van der Waals surface area contributed by atoms with Gasteiger partial charge in [0.15, 0.2) is 11.5 Å². The van der Waals surface area contributed by atoms with Crippen LogP contribution in [0.4, 0.5) is 0 Å². The number of benzene rings is 3. The van der Waals surface area contributed by atoms with Gasteiger partial charge in [-0.05, 0) is 71.0 Å². The molecule has 5 rings (SSSR count). The van der Waals surface area contributed by atoms with E-state index in [0.29, 0.717) is 11.6 Å². The Hall–Kier alpha value is -3.31. The Bertz CT molecular complexity index is 1220. The highest BCUT2D eigenvalue weighted by Gasteiger charge is 2.49. The summed E-state index contributed by atoms with van der Waals surface area (Å²) in [4.78, 5) is 19.7. The van der Waals surface area contributed by atoms with Crippen molar-refractivity contribution in [2.75, 3.05) is 13.7 Å². The number of aryl methyl sites for hydroxylation is 1. The lowest BCUT2D eigenvalue weighted by Gasteiger charge is -2.28. The SMILES string of the molecule is CN1C(=O)C(c2cccc(-c3cccc(Cl)c3)c2)(c2ccc3c(c2)CCCO3)N=C1N. The normalized spacial score (nSPS) is 20.3. The number of likely N-dealkylation sites (N-methyl/N-ethyl adjacent to an activating group) is 1. The minimum absolute atomic E-state index is 0.176. The molecule has 31 heavy (non-hydrogen) atoms. The van der Waals surface area contributed by atoms with Gasteiger partial charge in [-0.25, -0.2) is 4.99 Å². The zero-order valence-corrected chi connectivity index (χ0v) is 17.9. The predicted molar refractivity (Wildman–Crippen MR) is 122 cm³/mol. The summed E-state index contributed by atoms with van der Waals surface area (Å²) in [6.07, 6.45) is 1.86. The lowest BCUT2D eigenvalue weighted by Crippen LogP contribution is -2.41. The molecule has 5 nitrogen and oxygen atoms in total. The molecule has 0 bridgehead atoms. The molecule has 2 N–H and O–H groups in total. The van der Waals surface area contributed by atoms with Gasteiger partial charge in [-0.15, -0.1) is 0 Å². The number of hydrogen-bond donors (Lipinski definition) is 1. The number of hydrogen-bond acceptors (Lipinski definition) is 4.